The van der Waals surface area contributed by atoms with Gasteiger partial charge in [0.15, 0.2) is 6.61 Å². The van der Waals surface area contributed by atoms with Crippen LogP contribution in [-0.2, 0) is 9.53 Å². The molecule has 0 saturated heterocycles. The predicted molar refractivity (Wildman–Crippen MR) is 68.6 cm³/mol. The lowest BCUT2D eigenvalue weighted by molar-refractivity contribution is -0.119. The Balaban J connectivity index is 1.85. The first-order chi connectivity index (χ1) is 8.67. The van der Waals surface area contributed by atoms with Crippen LogP contribution in [0.1, 0.15) is 12.8 Å². The van der Waals surface area contributed by atoms with Crippen LogP contribution in [0.3, 0.4) is 0 Å². The van der Waals surface area contributed by atoms with Crippen molar-refractivity contribution in [3.05, 3.63) is 24.3 Å². The highest BCUT2D eigenvalue weighted by Crippen LogP contribution is 2.27. The van der Waals surface area contributed by atoms with Crippen LogP contribution in [-0.4, -0.2) is 31.8 Å². The number of benzene rings is 1. The van der Waals surface area contributed by atoms with Gasteiger partial charge in [-0.15, -0.1) is 0 Å². The van der Waals surface area contributed by atoms with Gasteiger partial charge in [-0.25, -0.2) is 0 Å². The molecule has 1 amide bonds. The summed E-state index contributed by atoms with van der Waals surface area (Å²) in [6, 6.07) is 7.96. The number of carbonyl (C=O) groups excluding carboxylic acids is 1. The third-order valence-corrected chi connectivity index (χ3v) is 3.01. The van der Waals surface area contributed by atoms with Crippen molar-refractivity contribution in [3.63, 3.8) is 0 Å². The Hall–Kier alpha value is -1.75. The van der Waals surface area contributed by atoms with E-state index in [0.717, 1.165) is 18.5 Å². The van der Waals surface area contributed by atoms with Crippen molar-refractivity contribution in [1.29, 1.82) is 0 Å². The summed E-state index contributed by atoms with van der Waals surface area (Å²) < 4.78 is 10.5. The second-order valence-electron chi connectivity index (χ2n) is 4.45. The molecule has 0 bridgehead atoms. The number of nitrogens with one attached hydrogen (secondary N) is 1. The number of hydrogen-bond donors (Lipinski definition) is 2. The summed E-state index contributed by atoms with van der Waals surface area (Å²) in [6.07, 6.45) is 2.41. The molecule has 0 heterocycles. The number of amides is 1. The zero-order valence-corrected chi connectivity index (χ0v) is 10.4. The Morgan fingerprint density at radius 2 is 2.28 bits per heavy atom. The van der Waals surface area contributed by atoms with Crippen LogP contribution in [0.5, 0.6) is 5.75 Å². The summed E-state index contributed by atoms with van der Waals surface area (Å²) in [7, 11) is 1.74. The van der Waals surface area contributed by atoms with Gasteiger partial charge in [0.1, 0.15) is 5.75 Å². The lowest BCUT2D eigenvalue weighted by Crippen LogP contribution is -2.40. The van der Waals surface area contributed by atoms with Crippen molar-refractivity contribution in [2.45, 2.75) is 25.0 Å². The lowest BCUT2D eigenvalue weighted by Gasteiger charge is -2.35. The molecule has 0 aliphatic heterocycles. The van der Waals surface area contributed by atoms with Crippen molar-refractivity contribution in [1.82, 2.24) is 0 Å². The molecule has 3 N–H and O–H groups in total. The van der Waals surface area contributed by atoms with E-state index in [2.05, 4.69) is 5.32 Å². The van der Waals surface area contributed by atoms with E-state index in [1.54, 1.807) is 13.2 Å². The Bertz CT molecular complexity index is 416. The molecule has 1 fully saturated rings. The Morgan fingerprint density at radius 1 is 1.50 bits per heavy atom. The molecule has 1 aliphatic carbocycles. The zero-order valence-electron chi connectivity index (χ0n) is 10.4. The summed E-state index contributed by atoms with van der Waals surface area (Å²) in [4.78, 5) is 10.6. The molecule has 0 spiro atoms. The fraction of sp³-hybridized carbons (Fsp3) is 0.462. The number of methoxy groups -OCH3 is 1. The number of primary amides is 1. The molecule has 0 aromatic heterocycles. The first-order valence-corrected chi connectivity index (χ1v) is 5.98. The molecule has 0 unspecified atom stereocenters. The molecule has 18 heavy (non-hydrogen) atoms. The van der Waals surface area contributed by atoms with E-state index in [1.807, 2.05) is 18.2 Å². The molecule has 1 aliphatic rings. The highest BCUT2D eigenvalue weighted by Gasteiger charge is 2.28. The standard InChI is InChI=1S/C13H18N2O3/c1-17-12-6-10(7-12)15-9-3-2-4-11(5-9)18-8-13(14)16/h2-5,10,12,15H,6-8H2,1H3,(H2,14,16). The Morgan fingerprint density at radius 3 is 2.94 bits per heavy atom. The van der Waals surface area contributed by atoms with Crippen molar-refractivity contribution in [2.24, 2.45) is 5.73 Å². The summed E-state index contributed by atoms with van der Waals surface area (Å²) >= 11 is 0. The third kappa shape index (κ3) is 3.37. The van der Waals surface area contributed by atoms with Gasteiger partial charge in [-0.2, -0.15) is 0 Å². The molecular formula is C13H18N2O3. The number of carbonyl (C=O) groups is 1. The van der Waals surface area contributed by atoms with E-state index in [1.165, 1.54) is 0 Å². The Labute approximate surface area is 106 Å². The number of ether oxygens (including phenoxy) is 2. The maximum absolute atomic E-state index is 10.6. The molecule has 5 heteroatoms. The summed E-state index contributed by atoms with van der Waals surface area (Å²) in [5, 5.41) is 3.39. The van der Waals surface area contributed by atoms with Crippen LogP contribution in [0.25, 0.3) is 0 Å². The van der Waals surface area contributed by atoms with Crippen LogP contribution < -0.4 is 15.8 Å². The minimum Gasteiger partial charge on any atom is -0.484 e. The van der Waals surface area contributed by atoms with Crippen molar-refractivity contribution >= 4 is 11.6 Å². The number of nitrogens with two attached hydrogens (primary N) is 1. The zero-order chi connectivity index (χ0) is 13.0. The predicted octanol–water partition coefficient (Wildman–Crippen LogP) is 1.14. The number of rotatable bonds is 6. The van der Waals surface area contributed by atoms with Crippen LogP contribution >= 0.6 is 0 Å². The Kier molecular flexibility index (Phi) is 4.04. The minimum atomic E-state index is -0.477. The van der Waals surface area contributed by atoms with Gasteiger partial charge < -0.3 is 20.5 Å². The average Bonchev–Trinajstić information content (AvgIpc) is 2.31. The molecule has 0 radical (unpaired) electrons. The van der Waals surface area contributed by atoms with Gasteiger partial charge in [-0.3, -0.25) is 4.79 Å². The SMILES string of the molecule is COC1CC(Nc2cccc(OCC(N)=O)c2)C1. The highest BCUT2D eigenvalue weighted by molar-refractivity contribution is 5.75. The minimum absolute atomic E-state index is 0.0986. The highest BCUT2D eigenvalue weighted by atomic mass is 16.5. The van der Waals surface area contributed by atoms with E-state index < -0.39 is 5.91 Å². The first-order valence-electron chi connectivity index (χ1n) is 5.98. The van der Waals surface area contributed by atoms with Crippen molar-refractivity contribution < 1.29 is 14.3 Å². The van der Waals surface area contributed by atoms with Gasteiger partial charge in [0.2, 0.25) is 0 Å². The first kappa shape index (κ1) is 12.7. The van der Waals surface area contributed by atoms with E-state index in [9.17, 15) is 4.79 Å². The maximum Gasteiger partial charge on any atom is 0.255 e. The average molecular weight is 250 g/mol. The quantitative estimate of drug-likeness (QED) is 0.794. The van der Waals surface area contributed by atoms with Gasteiger partial charge in [0.05, 0.1) is 6.10 Å². The van der Waals surface area contributed by atoms with Gasteiger partial charge in [0, 0.05) is 24.9 Å². The van der Waals surface area contributed by atoms with Crippen LogP contribution in [0.2, 0.25) is 0 Å². The smallest absolute Gasteiger partial charge is 0.255 e. The van der Waals surface area contributed by atoms with Gasteiger partial charge in [-0.05, 0) is 25.0 Å². The molecule has 98 valence electrons. The molecule has 2 rings (SSSR count). The molecule has 0 atom stereocenters. The number of hydrogen-bond acceptors (Lipinski definition) is 4. The van der Waals surface area contributed by atoms with Crippen LogP contribution in [0.15, 0.2) is 24.3 Å². The molecular weight excluding hydrogens is 232 g/mol. The van der Waals surface area contributed by atoms with E-state index in [-0.39, 0.29) is 6.61 Å². The van der Waals surface area contributed by atoms with Gasteiger partial charge in [-0.1, -0.05) is 6.07 Å². The monoisotopic (exact) mass is 250 g/mol. The van der Waals surface area contributed by atoms with Crippen molar-refractivity contribution in [2.75, 3.05) is 19.0 Å². The largest absolute Gasteiger partial charge is 0.484 e. The maximum atomic E-state index is 10.6. The lowest BCUT2D eigenvalue weighted by atomic mass is 9.89. The van der Waals surface area contributed by atoms with Crippen LogP contribution in [0.4, 0.5) is 5.69 Å². The number of anilines is 1. The topological polar surface area (TPSA) is 73.6 Å². The van der Waals surface area contributed by atoms with Gasteiger partial charge in [0.25, 0.3) is 5.91 Å². The summed E-state index contributed by atoms with van der Waals surface area (Å²) in [5.41, 5.74) is 6.01. The molecule has 1 saturated carbocycles. The van der Waals surface area contributed by atoms with E-state index in [4.69, 9.17) is 15.2 Å². The summed E-state index contributed by atoms with van der Waals surface area (Å²) in [5.74, 6) is 0.164. The molecule has 1 aromatic rings. The summed E-state index contributed by atoms with van der Waals surface area (Å²) in [6.45, 7) is -0.0986. The van der Waals surface area contributed by atoms with Gasteiger partial charge >= 0.3 is 0 Å². The normalized spacial score (nSPS) is 22.1. The van der Waals surface area contributed by atoms with E-state index >= 15 is 0 Å². The van der Waals surface area contributed by atoms with Crippen LogP contribution in [0, 0.1) is 0 Å². The molecule has 5 nitrogen and oxygen atoms in total. The fourth-order valence-electron chi connectivity index (χ4n) is 1.94. The second-order valence-corrected chi connectivity index (χ2v) is 4.45. The fourth-order valence-corrected chi connectivity index (χ4v) is 1.94. The van der Waals surface area contributed by atoms with Crippen molar-refractivity contribution in [3.8, 4) is 5.75 Å². The molecule has 1 aromatic carbocycles. The third-order valence-electron chi connectivity index (χ3n) is 3.01. The van der Waals surface area contributed by atoms with E-state index in [0.29, 0.717) is 17.9 Å². The second kappa shape index (κ2) is 5.73.